The molecular formula is C13H10N6. The van der Waals surface area contributed by atoms with Gasteiger partial charge in [0.25, 0.3) is 0 Å². The molecule has 0 aliphatic rings. The average Bonchev–Trinajstić information content (AvgIpc) is 2.99. The van der Waals surface area contributed by atoms with Gasteiger partial charge in [0.2, 0.25) is 0 Å². The number of pyridine rings is 1. The van der Waals surface area contributed by atoms with Gasteiger partial charge in [0.1, 0.15) is 11.3 Å². The lowest BCUT2D eigenvalue weighted by atomic mass is 10.2. The summed E-state index contributed by atoms with van der Waals surface area (Å²) in [6, 6.07) is 7.72. The van der Waals surface area contributed by atoms with Crippen LogP contribution in [-0.2, 0) is 0 Å². The minimum atomic E-state index is 0.403. The van der Waals surface area contributed by atoms with Gasteiger partial charge in [0, 0.05) is 11.8 Å². The highest BCUT2D eigenvalue weighted by molar-refractivity contribution is 5.93. The van der Waals surface area contributed by atoms with Crippen molar-refractivity contribution >= 4 is 28.0 Å². The number of nitrogen functional groups attached to an aromatic ring is 1. The van der Waals surface area contributed by atoms with E-state index in [4.69, 9.17) is 5.73 Å². The highest BCUT2D eigenvalue weighted by atomic mass is 15.0. The van der Waals surface area contributed by atoms with Crippen LogP contribution in [-0.4, -0.2) is 24.9 Å². The average molecular weight is 250 g/mol. The number of fused-ring (bicyclic) bond motifs is 2. The van der Waals surface area contributed by atoms with E-state index in [0.29, 0.717) is 5.95 Å². The van der Waals surface area contributed by atoms with Crippen molar-refractivity contribution in [2.45, 2.75) is 0 Å². The summed E-state index contributed by atoms with van der Waals surface area (Å²) in [7, 11) is 0. The third-order valence-electron chi connectivity index (χ3n) is 3.07. The highest BCUT2D eigenvalue weighted by Crippen LogP contribution is 2.27. The minimum absolute atomic E-state index is 0.403. The predicted octanol–water partition coefficient (Wildman–Crippen LogP) is 2.08. The number of imidazole rings is 2. The number of nitrogens with zero attached hydrogens (tertiary/aromatic N) is 3. The fourth-order valence-electron chi connectivity index (χ4n) is 2.23. The van der Waals surface area contributed by atoms with Crippen LogP contribution in [0.15, 0.2) is 36.7 Å². The molecule has 0 saturated heterocycles. The molecule has 6 heteroatoms. The molecular weight excluding hydrogens is 240 g/mol. The molecule has 0 atom stereocenters. The largest absolute Gasteiger partial charge is 0.369 e. The van der Waals surface area contributed by atoms with Crippen LogP contribution in [0.4, 0.5) is 5.95 Å². The van der Waals surface area contributed by atoms with Crippen LogP contribution in [0.5, 0.6) is 0 Å². The highest BCUT2D eigenvalue weighted by Gasteiger charge is 2.11. The number of hydrogen-bond donors (Lipinski definition) is 3. The van der Waals surface area contributed by atoms with Crippen molar-refractivity contribution in [1.29, 1.82) is 0 Å². The first-order chi connectivity index (χ1) is 9.31. The number of nitrogens with two attached hydrogens (primary N) is 1. The van der Waals surface area contributed by atoms with Crippen LogP contribution in [0, 0.1) is 0 Å². The van der Waals surface area contributed by atoms with E-state index in [9.17, 15) is 0 Å². The number of H-pyrrole nitrogens is 2. The monoisotopic (exact) mass is 250 g/mol. The fourth-order valence-corrected chi connectivity index (χ4v) is 2.23. The lowest BCUT2D eigenvalue weighted by molar-refractivity contribution is 1.32. The molecule has 6 nitrogen and oxygen atoms in total. The molecule has 4 rings (SSSR count). The number of anilines is 1. The molecule has 3 aromatic heterocycles. The first-order valence-corrected chi connectivity index (χ1v) is 5.85. The molecule has 92 valence electrons. The standard InChI is InChI=1S/C13H10N6/c14-13-18-9-3-1-2-7(11(9)19-13)12-16-8-4-5-15-6-10(8)17-12/h1-6H,(H,16,17)(H3,14,18,19). The van der Waals surface area contributed by atoms with E-state index in [2.05, 4.69) is 24.9 Å². The number of aromatic amines is 2. The topological polar surface area (TPSA) is 96.3 Å². The second-order valence-electron chi connectivity index (χ2n) is 4.30. The summed E-state index contributed by atoms with van der Waals surface area (Å²) >= 11 is 0. The summed E-state index contributed by atoms with van der Waals surface area (Å²) in [5, 5.41) is 0. The molecule has 19 heavy (non-hydrogen) atoms. The summed E-state index contributed by atoms with van der Waals surface area (Å²) in [5.74, 6) is 1.17. The lowest BCUT2D eigenvalue weighted by Gasteiger charge is -1.97. The van der Waals surface area contributed by atoms with Crippen LogP contribution < -0.4 is 5.73 Å². The second-order valence-corrected chi connectivity index (χ2v) is 4.30. The van der Waals surface area contributed by atoms with E-state index in [1.165, 1.54) is 0 Å². The molecule has 3 heterocycles. The number of aromatic nitrogens is 5. The van der Waals surface area contributed by atoms with Crippen molar-refractivity contribution < 1.29 is 0 Å². The Bertz CT molecular complexity index is 855. The Morgan fingerprint density at radius 1 is 1.00 bits per heavy atom. The van der Waals surface area contributed by atoms with Gasteiger partial charge in [-0.2, -0.15) is 0 Å². The SMILES string of the molecule is Nc1nc2c(-c3nc4ccncc4[nH]3)cccc2[nH]1. The summed E-state index contributed by atoms with van der Waals surface area (Å²) < 4.78 is 0. The van der Waals surface area contributed by atoms with Crippen LogP contribution in [0.25, 0.3) is 33.5 Å². The molecule has 4 aromatic rings. The van der Waals surface area contributed by atoms with E-state index in [1.54, 1.807) is 12.4 Å². The molecule has 1 aromatic carbocycles. The Kier molecular flexibility index (Phi) is 1.88. The van der Waals surface area contributed by atoms with Crippen LogP contribution in [0.1, 0.15) is 0 Å². The van der Waals surface area contributed by atoms with Crippen molar-refractivity contribution in [3.63, 3.8) is 0 Å². The van der Waals surface area contributed by atoms with Crippen molar-refractivity contribution in [2.24, 2.45) is 0 Å². The first kappa shape index (κ1) is 10.1. The Morgan fingerprint density at radius 2 is 1.95 bits per heavy atom. The molecule has 0 bridgehead atoms. The van der Waals surface area contributed by atoms with Crippen LogP contribution >= 0.6 is 0 Å². The zero-order chi connectivity index (χ0) is 12.8. The number of rotatable bonds is 1. The maximum absolute atomic E-state index is 5.71. The van der Waals surface area contributed by atoms with Gasteiger partial charge in [-0.05, 0) is 18.2 Å². The molecule has 0 radical (unpaired) electrons. The maximum atomic E-state index is 5.71. The van der Waals surface area contributed by atoms with E-state index in [-0.39, 0.29) is 0 Å². The zero-order valence-corrected chi connectivity index (χ0v) is 9.88. The van der Waals surface area contributed by atoms with E-state index in [1.807, 2.05) is 24.3 Å². The Hall–Kier alpha value is -2.89. The summed E-state index contributed by atoms with van der Waals surface area (Å²) in [5.41, 5.74) is 10.1. The van der Waals surface area contributed by atoms with Crippen molar-refractivity contribution in [1.82, 2.24) is 24.9 Å². The van der Waals surface area contributed by atoms with Crippen molar-refractivity contribution in [2.75, 3.05) is 5.73 Å². The number of hydrogen-bond acceptors (Lipinski definition) is 4. The molecule has 0 spiro atoms. The predicted molar refractivity (Wildman–Crippen MR) is 73.4 cm³/mol. The first-order valence-electron chi connectivity index (χ1n) is 5.85. The van der Waals surface area contributed by atoms with Gasteiger partial charge < -0.3 is 15.7 Å². The van der Waals surface area contributed by atoms with Gasteiger partial charge in [-0.1, -0.05) is 6.07 Å². The minimum Gasteiger partial charge on any atom is -0.369 e. The van der Waals surface area contributed by atoms with Crippen LogP contribution in [0.3, 0.4) is 0 Å². The van der Waals surface area contributed by atoms with Gasteiger partial charge in [-0.25, -0.2) is 9.97 Å². The molecule has 0 fully saturated rings. The van der Waals surface area contributed by atoms with Gasteiger partial charge in [0.15, 0.2) is 5.95 Å². The van der Waals surface area contributed by atoms with Crippen molar-refractivity contribution in [3.05, 3.63) is 36.7 Å². The second kappa shape index (κ2) is 3.55. The van der Waals surface area contributed by atoms with Crippen LogP contribution in [0.2, 0.25) is 0 Å². The van der Waals surface area contributed by atoms with E-state index < -0.39 is 0 Å². The Labute approximate surface area is 107 Å². The third-order valence-corrected chi connectivity index (χ3v) is 3.07. The molecule has 0 unspecified atom stereocenters. The lowest BCUT2D eigenvalue weighted by Crippen LogP contribution is -1.85. The van der Waals surface area contributed by atoms with Gasteiger partial charge >= 0.3 is 0 Å². The Balaban J connectivity index is 2.03. The summed E-state index contributed by atoms with van der Waals surface area (Å²) in [6.45, 7) is 0. The quantitative estimate of drug-likeness (QED) is 0.482. The molecule has 4 N–H and O–H groups in total. The zero-order valence-electron chi connectivity index (χ0n) is 9.88. The van der Waals surface area contributed by atoms with Gasteiger partial charge in [0.05, 0.1) is 22.7 Å². The third kappa shape index (κ3) is 1.46. The number of nitrogens with one attached hydrogen (secondary N) is 2. The number of benzene rings is 1. The summed E-state index contributed by atoms with van der Waals surface area (Å²) in [4.78, 5) is 19.2. The maximum Gasteiger partial charge on any atom is 0.198 e. The number of para-hydroxylation sites is 1. The van der Waals surface area contributed by atoms with E-state index >= 15 is 0 Å². The molecule has 0 aliphatic heterocycles. The Morgan fingerprint density at radius 3 is 2.84 bits per heavy atom. The van der Waals surface area contributed by atoms with Crippen molar-refractivity contribution in [3.8, 4) is 11.4 Å². The molecule has 0 amide bonds. The van der Waals surface area contributed by atoms with Gasteiger partial charge in [-0.3, -0.25) is 4.98 Å². The van der Waals surface area contributed by atoms with E-state index in [0.717, 1.165) is 33.5 Å². The molecule has 0 saturated carbocycles. The smallest absolute Gasteiger partial charge is 0.198 e. The fraction of sp³-hybridized carbons (Fsp3) is 0. The summed E-state index contributed by atoms with van der Waals surface area (Å²) in [6.07, 6.45) is 3.48. The van der Waals surface area contributed by atoms with Gasteiger partial charge in [-0.15, -0.1) is 0 Å². The molecule has 0 aliphatic carbocycles. The normalized spacial score (nSPS) is 11.4.